The first-order valence-corrected chi connectivity index (χ1v) is 6.69. The Morgan fingerprint density at radius 2 is 2.05 bits per heavy atom. The highest BCUT2D eigenvalue weighted by Gasteiger charge is 2.13. The first kappa shape index (κ1) is 16.4. The number of anilines is 1. The second kappa shape index (κ2) is 8.53. The number of unbranched alkanes of at least 4 members (excludes halogenated alkanes) is 3. The third-order valence-corrected chi connectivity index (χ3v) is 2.96. The van der Waals surface area contributed by atoms with Gasteiger partial charge >= 0.3 is 5.97 Å². The van der Waals surface area contributed by atoms with E-state index in [-0.39, 0.29) is 17.7 Å². The van der Waals surface area contributed by atoms with Crippen LogP contribution in [0.2, 0.25) is 0 Å². The molecule has 0 saturated heterocycles. The van der Waals surface area contributed by atoms with E-state index in [2.05, 4.69) is 5.32 Å². The van der Waals surface area contributed by atoms with E-state index in [4.69, 9.17) is 10.4 Å². The fourth-order valence-corrected chi connectivity index (χ4v) is 1.87. The molecule has 0 unspecified atom stereocenters. The fourth-order valence-electron chi connectivity index (χ4n) is 1.87. The molecule has 0 atom stereocenters. The van der Waals surface area contributed by atoms with E-state index < -0.39 is 10.9 Å². The van der Waals surface area contributed by atoms with Crippen molar-refractivity contribution in [2.24, 2.45) is 0 Å². The Kier molecular flexibility index (Phi) is 6.68. The van der Waals surface area contributed by atoms with Crippen LogP contribution >= 0.6 is 0 Å². The van der Waals surface area contributed by atoms with Crippen LogP contribution in [0.3, 0.4) is 0 Å². The molecule has 0 fully saturated rings. The average Bonchev–Trinajstić information content (AvgIpc) is 2.45. The van der Waals surface area contributed by atoms with Crippen molar-refractivity contribution in [3.8, 4) is 6.07 Å². The molecule has 1 aromatic carbocycles. The van der Waals surface area contributed by atoms with Gasteiger partial charge in [0.25, 0.3) is 5.69 Å². The lowest BCUT2D eigenvalue weighted by molar-refractivity contribution is -0.385. The van der Waals surface area contributed by atoms with Gasteiger partial charge in [0, 0.05) is 24.7 Å². The minimum absolute atomic E-state index is 0.0409. The first-order chi connectivity index (χ1) is 10.0. The summed E-state index contributed by atoms with van der Waals surface area (Å²) in [5.41, 5.74) is 0.439. The maximum absolute atomic E-state index is 10.8. The summed E-state index contributed by atoms with van der Waals surface area (Å²) in [6.45, 7) is 0.649. The van der Waals surface area contributed by atoms with Crippen LogP contribution < -0.4 is 5.32 Å². The quantitative estimate of drug-likeness (QED) is 0.410. The van der Waals surface area contributed by atoms with Crippen LogP contribution in [-0.2, 0) is 4.79 Å². The van der Waals surface area contributed by atoms with E-state index in [9.17, 15) is 14.9 Å². The third-order valence-electron chi connectivity index (χ3n) is 2.96. The first-order valence-electron chi connectivity index (χ1n) is 6.69. The zero-order chi connectivity index (χ0) is 15.7. The van der Waals surface area contributed by atoms with Gasteiger partial charge in [0.05, 0.1) is 4.92 Å². The summed E-state index contributed by atoms with van der Waals surface area (Å²) in [6, 6.07) is 6.20. The molecule has 0 amide bonds. The van der Waals surface area contributed by atoms with E-state index in [0.717, 1.165) is 19.3 Å². The van der Waals surface area contributed by atoms with E-state index in [0.29, 0.717) is 18.7 Å². The highest BCUT2D eigenvalue weighted by atomic mass is 16.6. The van der Waals surface area contributed by atoms with E-state index in [1.54, 1.807) is 12.1 Å². The minimum atomic E-state index is -0.780. The number of benzene rings is 1. The van der Waals surface area contributed by atoms with Crippen molar-refractivity contribution in [1.82, 2.24) is 0 Å². The number of nitrogens with zero attached hydrogens (tertiary/aromatic N) is 2. The molecule has 112 valence electrons. The number of nitrogens with one attached hydrogen (secondary N) is 1. The Morgan fingerprint density at radius 3 is 2.67 bits per heavy atom. The molecule has 0 aliphatic carbocycles. The Labute approximate surface area is 122 Å². The number of carboxylic acid groups (broad SMARTS) is 1. The van der Waals surface area contributed by atoms with Gasteiger partial charge in [-0.1, -0.05) is 12.8 Å². The standard InChI is InChI=1S/C14H17N3O4/c15-10-11-6-7-12(9-13(11)17(20)21)16-8-4-2-1-3-5-14(18)19/h6-7,9,16H,1-5,8H2,(H,18,19). The average molecular weight is 291 g/mol. The van der Waals surface area contributed by atoms with Crippen molar-refractivity contribution in [3.05, 3.63) is 33.9 Å². The second-order valence-electron chi connectivity index (χ2n) is 4.59. The maximum Gasteiger partial charge on any atom is 0.303 e. The lowest BCUT2D eigenvalue weighted by Crippen LogP contribution is -2.03. The molecule has 0 spiro atoms. The van der Waals surface area contributed by atoms with Gasteiger partial charge in [-0.25, -0.2) is 0 Å². The Bertz CT molecular complexity index is 552. The molecule has 7 heteroatoms. The maximum atomic E-state index is 10.8. The van der Waals surface area contributed by atoms with Crippen LogP contribution in [0.15, 0.2) is 18.2 Å². The molecular weight excluding hydrogens is 274 g/mol. The van der Waals surface area contributed by atoms with Crippen molar-refractivity contribution >= 4 is 17.3 Å². The molecule has 2 N–H and O–H groups in total. The largest absolute Gasteiger partial charge is 0.481 e. The zero-order valence-corrected chi connectivity index (χ0v) is 11.5. The molecule has 0 saturated carbocycles. The summed E-state index contributed by atoms with van der Waals surface area (Å²) in [6.07, 6.45) is 3.46. The highest BCUT2D eigenvalue weighted by molar-refractivity contribution is 5.66. The molecule has 0 radical (unpaired) electrons. The molecule has 0 bridgehead atoms. The van der Waals surface area contributed by atoms with Gasteiger partial charge in [-0.15, -0.1) is 0 Å². The van der Waals surface area contributed by atoms with Crippen LogP contribution in [0, 0.1) is 21.4 Å². The highest BCUT2D eigenvalue weighted by Crippen LogP contribution is 2.22. The van der Waals surface area contributed by atoms with E-state index in [1.807, 2.05) is 0 Å². The van der Waals surface area contributed by atoms with Gasteiger partial charge in [0.1, 0.15) is 11.6 Å². The lowest BCUT2D eigenvalue weighted by atomic mass is 10.1. The summed E-state index contributed by atoms with van der Waals surface area (Å²) in [5, 5.41) is 31.1. The number of hydrogen-bond donors (Lipinski definition) is 2. The number of nitro groups is 1. The number of nitro benzene ring substituents is 1. The normalized spacial score (nSPS) is 9.86. The summed E-state index contributed by atoms with van der Waals surface area (Å²) < 4.78 is 0. The molecule has 0 heterocycles. The fraction of sp³-hybridized carbons (Fsp3) is 0.429. The molecule has 0 aliphatic rings. The van der Waals surface area contributed by atoms with Crippen molar-refractivity contribution in [3.63, 3.8) is 0 Å². The van der Waals surface area contributed by atoms with Crippen molar-refractivity contribution in [2.75, 3.05) is 11.9 Å². The van der Waals surface area contributed by atoms with Gasteiger partial charge in [0.2, 0.25) is 0 Å². The molecule has 0 aliphatic heterocycles. The predicted molar refractivity (Wildman–Crippen MR) is 77.0 cm³/mol. The van der Waals surface area contributed by atoms with Crippen LogP contribution in [-0.4, -0.2) is 22.5 Å². The number of rotatable bonds is 9. The topological polar surface area (TPSA) is 116 Å². The van der Waals surface area contributed by atoms with E-state index >= 15 is 0 Å². The van der Waals surface area contributed by atoms with Gasteiger partial charge < -0.3 is 10.4 Å². The monoisotopic (exact) mass is 291 g/mol. The number of carbonyl (C=O) groups is 1. The van der Waals surface area contributed by atoms with Gasteiger partial charge in [0.15, 0.2) is 0 Å². The molecule has 1 aromatic rings. The summed E-state index contributed by atoms with van der Waals surface area (Å²) in [4.78, 5) is 20.6. The predicted octanol–water partition coefficient (Wildman–Crippen LogP) is 2.91. The SMILES string of the molecule is N#Cc1ccc(NCCCCCCC(=O)O)cc1[N+](=O)[O-]. The molecule has 7 nitrogen and oxygen atoms in total. The molecule has 1 rings (SSSR count). The van der Waals surface area contributed by atoms with Crippen molar-refractivity contribution < 1.29 is 14.8 Å². The molecule has 21 heavy (non-hydrogen) atoms. The second-order valence-corrected chi connectivity index (χ2v) is 4.59. The van der Waals surface area contributed by atoms with Crippen LogP contribution in [0.4, 0.5) is 11.4 Å². The van der Waals surface area contributed by atoms with Crippen molar-refractivity contribution in [2.45, 2.75) is 32.1 Å². The molecule has 0 aromatic heterocycles. The zero-order valence-electron chi connectivity index (χ0n) is 11.5. The van der Waals surface area contributed by atoms with Crippen LogP contribution in [0.1, 0.15) is 37.7 Å². The molecular formula is C14H17N3O4. The van der Waals surface area contributed by atoms with E-state index in [1.165, 1.54) is 12.1 Å². The Balaban J connectivity index is 2.36. The number of hydrogen-bond acceptors (Lipinski definition) is 5. The van der Waals surface area contributed by atoms with Crippen LogP contribution in [0.5, 0.6) is 0 Å². The van der Waals surface area contributed by atoms with Gasteiger partial charge in [-0.05, 0) is 25.0 Å². The Morgan fingerprint density at radius 1 is 1.33 bits per heavy atom. The summed E-state index contributed by atoms with van der Waals surface area (Å²) in [7, 11) is 0. The smallest absolute Gasteiger partial charge is 0.303 e. The number of aliphatic carboxylic acids is 1. The minimum Gasteiger partial charge on any atom is -0.481 e. The Hall–Kier alpha value is -2.62. The summed E-state index contributed by atoms with van der Waals surface area (Å²) >= 11 is 0. The number of carboxylic acids is 1. The summed E-state index contributed by atoms with van der Waals surface area (Å²) in [5.74, 6) is -0.780. The van der Waals surface area contributed by atoms with Gasteiger partial charge in [-0.3, -0.25) is 14.9 Å². The van der Waals surface area contributed by atoms with Crippen LogP contribution in [0.25, 0.3) is 0 Å². The number of nitriles is 1. The lowest BCUT2D eigenvalue weighted by Gasteiger charge is -2.06. The van der Waals surface area contributed by atoms with Crippen molar-refractivity contribution in [1.29, 1.82) is 5.26 Å². The van der Waals surface area contributed by atoms with Gasteiger partial charge in [-0.2, -0.15) is 5.26 Å². The third kappa shape index (κ3) is 5.91.